The molecule has 9 atom stereocenters. The average molecular weight is 1060 g/mol. The molecule has 2 saturated heterocycles. The van der Waals surface area contributed by atoms with Gasteiger partial charge in [0.05, 0.1) is 11.4 Å². The van der Waals surface area contributed by atoms with E-state index in [1.54, 1.807) is 0 Å². The lowest BCUT2D eigenvalue weighted by molar-refractivity contribution is -0.385. The maximum absolute atomic E-state index is 16.7. The van der Waals surface area contributed by atoms with Crippen LogP contribution in [-0.4, -0.2) is 97.3 Å². The van der Waals surface area contributed by atoms with Gasteiger partial charge in [-0.05, 0) is 33.4 Å². The highest BCUT2D eigenvalue weighted by atomic mass is 79.9. The van der Waals surface area contributed by atoms with E-state index in [2.05, 4.69) is 15.9 Å². The second-order valence-corrected chi connectivity index (χ2v) is 18.7. The average Bonchev–Trinajstić information content (AvgIpc) is 3.65. The molecule has 73 heavy (non-hydrogen) atoms. The van der Waals surface area contributed by atoms with Crippen LogP contribution < -0.4 is 0 Å². The number of esters is 4. The third-order valence-electron chi connectivity index (χ3n) is 12.7. The van der Waals surface area contributed by atoms with Crippen molar-refractivity contribution in [3.63, 3.8) is 0 Å². The van der Waals surface area contributed by atoms with Crippen molar-refractivity contribution >= 4 is 39.8 Å². The molecule has 0 N–H and O–H groups in total. The smallest absolute Gasteiger partial charge is 0.303 e. The Morgan fingerprint density at radius 3 is 1.25 bits per heavy atom. The normalized spacial score (nSPS) is 24.0. The lowest BCUT2D eigenvalue weighted by Gasteiger charge is -2.46. The summed E-state index contributed by atoms with van der Waals surface area (Å²) < 4.78 is 74.7. The minimum Gasteiger partial charge on any atom is -0.463 e. The summed E-state index contributed by atoms with van der Waals surface area (Å²) >= 11 is 3.86. The minimum atomic E-state index is -2.29. The maximum Gasteiger partial charge on any atom is 0.303 e. The SMILES string of the molecule is CC(=O)OCC1OC(O[C@]2(COC(c3ccccc3)(c3ccccc3)c3ccccc3)O[C@H](COC(c3ccccc3)(c3ccccc3)c3ccccc3)[C@@H](Br)[C@@H]2OC(C)=O)C(OC(C)=O)C(OC(C)=O)C1F. The summed E-state index contributed by atoms with van der Waals surface area (Å²) in [5.74, 6) is -5.60. The summed E-state index contributed by atoms with van der Waals surface area (Å²) in [6, 6.07) is 57.5. The van der Waals surface area contributed by atoms with E-state index in [1.807, 2.05) is 182 Å². The van der Waals surface area contributed by atoms with Gasteiger partial charge in [0.2, 0.25) is 12.1 Å². The van der Waals surface area contributed by atoms with Gasteiger partial charge in [0.15, 0.2) is 24.5 Å². The Labute approximate surface area is 431 Å². The first-order valence-electron chi connectivity index (χ1n) is 23.8. The molecule has 6 aromatic carbocycles. The van der Waals surface area contributed by atoms with Crippen molar-refractivity contribution < 1.29 is 66.2 Å². The van der Waals surface area contributed by atoms with Crippen LogP contribution in [0.2, 0.25) is 0 Å². The van der Waals surface area contributed by atoms with Gasteiger partial charge < -0.3 is 42.6 Å². The first-order valence-corrected chi connectivity index (χ1v) is 24.7. The quantitative estimate of drug-likeness (QED) is 0.0328. The van der Waals surface area contributed by atoms with Gasteiger partial charge in [0.1, 0.15) is 36.6 Å². The molecule has 15 heteroatoms. The number of alkyl halides is 2. The third kappa shape index (κ3) is 11.5. The number of hydrogen-bond acceptors (Lipinski definition) is 13. The largest absolute Gasteiger partial charge is 0.463 e. The van der Waals surface area contributed by atoms with Crippen molar-refractivity contribution in [3.05, 3.63) is 215 Å². The highest BCUT2D eigenvalue weighted by Crippen LogP contribution is 2.48. The molecule has 0 aliphatic carbocycles. The van der Waals surface area contributed by atoms with Gasteiger partial charge in [-0.25, -0.2) is 4.39 Å². The summed E-state index contributed by atoms with van der Waals surface area (Å²) in [5, 5.41) is 0. The summed E-state index contributed by atoms with van der Waals surface area (Å²) in [6.07, 6.45) is -11.9. The standard InChI is InChI=1S/C58H56BrFO13/c1-38(61)65-35-49-51(60)52(68-39(2)62)53(69-40(3)63)55(71-49)73-56(37-67-58(45-29-17-8-18-30-45,46-31-19-9-20-32-46)47-33-21-10-22-34-47)54(70-41(4)64)50(59)48(72-56)36-66-57(42-23-11-5-12-24-42,43-25-13-6-14-26-43)44-27-15-7-16-28-44/h5-34,48-55H,35-37H2,1-4H3/t48-,49?,50-,51?,52?,53?,54+,55?,56+/m1/s1. The van der Waals surface area contributed by atoms with E-state index in [9.17, 15) is 19.2 Å². The van der Waals surface area contributed by atoms with Gasteiger partial charge in [-0.1, -0.05) is 198 Å². The van der Waals surface area contributed by atoms with E-state index in [-0.39, 0.29) is 6.61 Å². The topological polar surface area (TPSA) is 151 Å². The van der Waals surface area contributed by atoms with Crippen LogP contribution in [0.15, 0.2) is 182 Å². The zero-order valence-corrected chi connectivity index (χ0v) is 42.2. The van der Waals surface area contributed by atoms with Crippen LogP contribution in [0.3, 0.4) is 0 Å². The van der Waals surface area contributed by atoms with Crippen molar-refractivity contribution in [2.75, 3.05) is 19.8 Å². The number of rotatable bonds is 19. The molecule has 0 radical (unpaired) electrons. The molecule has 0 spiro atoms. The van der Waals surface area contributed by atoms with Gasteiger partial charge >= 0.3 is 23.9 Å². The van der Waals surface area contributed by atoms with Gasteiger partial charge in [-0.15, -0.1) is 0 Å². The fourth-order valence-electron chi connectivity index (χ4n) is 9.62. The monoisotopic (exact) mass is 1060 g/mol. The molecule has 5 unspecified atom stereocenters. The molecule has 0 amide bonds. The molecule has 0 saturated carbocycles. The number of carbonyl (C=O) groups is 4. The lowest BCUT2D eigenvalue weighted by Crippen LogP contribution is -2.64. The predicted octanol–water partition coefficient (Wildman–Crippen LogP) is 9.30. The summed E-state index contributed by atoms with van der Waals surface area (Å²) in [4.78, 5) is 50.4. The van der Waals surface area contributed by atoms with Crippen molar-refractivity contribution in [1.82, 2.24) is 0 Å². The van der Waals surface area contributed by atoms with Gasteiger partial charge in [0.25, 0.3) is 0 Å². The third-order valence-corrected chi connectivity index (χ3v) is 13.8. The van der Waals surface area contributed by atoms with E-state index in [0.29, 0.717) is 16.7 Å². The fourth-order valence-corrected chi connectivity index (χ4v) is 10.4. The first kappa shape index (κ1) is 52.7. The summed E-state index contributed by atoms with van der Waals surface area (Å²) in [7, 11) is 0. The minimum absolute atomic E-state index is 0.199. The van der Waals surface area contributed by atoms with E-state index in [1.165, 1.54) is 6.92 Å². The molecule has 2 aliphatic heterocycles. The highest BCUT2D eigenvalue weighted by Gasteiger charge is 2.63. The Hall–Kier alpha value is -6.59. The number of halogens is 2. The van der Waals surface area contributed by atoms with Crippen LogP contribution in [0, 0.1) is 0 Å². The van der Waals surface area contributed by atoms with E-state index in [4.69, 9.17) is 42.6 Å². The van der Waals surface area contributed by atoms with Crippen molar-refractivity contribution in [2.24, 2.45) is 0 Å². The van der Waals surface area contributed by atoms with Crippen molar-refractivity contribution in [2.45, 2.75) is 92.5 Å². The molecular formula is C58H56BrFO13. The summed E-state index contributed by atoms with van der Waals surface area (Å²) in [5.41, 5.74) is 1.81. The molecule has 13 nitrogen and oxygen atoms in total. The Morgan fingerprint density at radius 2 is 0.877 bits per heavy atom. The molecule has 6 aromatic rings. The Kier molecular flexibility index (Phi) is 17.0. The molecule has 8 rings (SSSR count). The molecule has 0 aromatic heterocycles. The van der Waals surface area contributed by atoms with Gasteiger partial charge in [-0.3, -0.25) is 19.2 Å². The van der Waals surface area contributed by atoms with Crippen LogP contribution in [-0.2, 0) is 73.0 Å². The lowest BCUT2D eigenvalue weighted by atomic mass is 9.80. The predicted molar refractivity (Wildman–Crippen MR) is 269 cm³/mol. The Balaban J connectivity index is 1.31. The van der Waals surface area contributed by atoms with Crippen LogP contribution in [0.4, 0.5) is 4.39 Å². The van der Waals surface area contributed by atoms with E-state index in [0.717, 1.165) is 37.5 Å². The van der Waals surface area contributed by atoms with Crippen molar-refractivity contribution in [1.29, 1.82) is 0 Å². The summed E-state index contributed by atoms with van der Waals surface area (Å²) in [6.45, 7) is 3.07. The van der Waals surface area contributed by atoms with E-state index >= 15 is 4.39 Å². The fraction of sp³-hybridized carbons (Fsp3) is 0.310. The molecule has 2 fully saturated rings. The van der Waals surface area contributed by atoms with Crippen LogP contribution in [0.1, 0.15) is 61.1 Å². The number of hydrogen-bond donors (Lipinski definition) is 0. The molecule has 2 aliphatic rings. The van der Waals surface area contributed by atoms with Crippen LogP contribution in [0.25, 0.3) is 0 Å². The maximum atomic E-state index is 16.7. The second-order valence-electron chi connectivity index (χ2n) is 17.7. The molecule has 2 heterocycles. The zero-order valence-electron chi connectivity index (χ0n) is 40.6. The number of ether oxygens (including phenoxy) is 9. The van der Waals surface area contributed by atoms with Gasteiger partial charge in [-0.2, -0.15) is 0 Å². The van der Waals surface area contributed by atoms with Crippen molar-refractivity contribution in [3.8, 4) is 0 Å². The Morgan fingerprint density at radius 1 is 0.507 bits per heavy atom. The second kappa shape index (κ2) is 23.5. The van der Waals surface area contributed by atoms with Gasteiger partial charge in [0, 0.05) is 27.7 Å². The van der Waals surface area contributed by atoms with Crippen LogP contribution >= 0.6 is 15.9 Å². The van der Waals surface area contributed by atoms with E-state index < -0.39 is 102 Å². The molecule has 380 valence electrons. The first-order chi connectivity index (χ1) is 35.3. The number of benzene rings is 6. The Bertz CT molecular complexity index is 2560. The molecule has 0 bridgehead atoms. The zero-order chi connectivity index (χ0) is 51.6. The highest BCUT2D eigenvalue weighted by molar-refractivity contribution is 9.09. The van der Waals surface area contributed by atoms with Crippen LogP contribution in [0.5, 0.6) is 0 Å². The number of carbonyl (C=O) groups excluding carboxylic acids is 4. The molecular weight excluding hydrogens is 1000 g/mol.